The van der Waals surface area contributed by atoms with Crippen LogP contribution in [0.25, 0.3) is 0 Å². The summed E-state index contributed by atoms with van der Waals surface area (Å²) in [5, 5.41) is 0.812. The highest BCUT2D eigenvalue weighted by Gasteiger charge is 2.10. The number of aryl methyl sites for hydroxylation is 1. The first-order valence-electron chi connectivity index (χ1n) is 5.53. The Morgan fingerprint density at radius 1 is 1.18 bits per heavy atom. The Morgan fingerprint density at radius 2 is 1.94 bits per heavy atom. The number of rotatable bonds is 3. The predicted octanol–water partition coefficient (Wildman–Crippen LogP) is 4.05. The summed E-state index contributed by atoms with van der Waals surface area (Å²) < 4.78 is 0. The molecule has 88 valence electrons. The summed E-state index contributed by atoms with van der Waals surface area (Å²) in [5.41, 5.74) is 3.63. The van der Waals surface area contributed by atoms with Gasteiger partial charge in [0.2, 0.25) is 0 Å². The van der Waals surface area contributed by atoms with E-state index in [-0.39, 0.29) is 0 Å². The van der Waals surface area contributed by atoms with Crippen LogP contribution in [0, 0.1) is 6.92 Å². The van der Waals surface area contributed by atoms with Gasteiger partial charge in [-0.05, 0) is 24.6 Å². The minimum absolute atomic E-state index is 0.812. The third-order valence-electron chi connectivity index (χ3n) is 2.81. The highest BCUT2D eigenvalue weighted by atomic mass is 79.9. The molecule has 0 saturated heterocycles. The van der Waals surface area contributed by atoms with Crippen LogP contribution < -0.4 is 4.90 Å². The van der Waals surface area contributed by atoms with Crippen LogP contribution in [-0.4, -0.2) is 12.0 Å². The number of hydrogen-bond acceptors (Lipinski definition) is 2. The molecule has 0 bridgehead atoms. The van der Waals surface area contributed by atoms with Gasteiger partial charge in [-0.2, -0.15) is 0 Å². The van der Waals surface area contributed by atoms with Gasteiger partial charge in [0.05, 0.1) is 0 Å². The van der Waals surface area contributed by atoms with Crippen molar-refractivity contribution in [2.24, 2.45) is 0 Å². The van der Waals surface area contributed by atoms with Crippen molar-refractivity contribution in [3.63, 3.8) is 0 Å². The molecule has 2 rings (SSSR count). The molecule has 2 nitrogen and oxygen atoms in total. The van der Waals surface area contributed by atoms with E-state index in [1.807, 2.05) is 12.3 Å². The van der Waals surface area contributed by atoms with E-state index in [2.05, 4.69) is 70.1 Å². The number of benzene rings is 1. The van der Waals surface area contributed by atoms with Gasteiger partial charge in [0.25, 0.3) is 0 Å². The number of aromatic nitrogens is 1. The third-order valence-corrected chi connectivity index (χ3v) is 3.41. The number of anilines is 2. The molecule has 0 fully saturated rings. The second kappa shape index (κ2) is 5.32. The zero-order chi connectivity index (χ0) is 12.3. The van der Waals surface area contributed by atoms with Crippen molar-refractivity contribution in [2.45, 2.75) is 12.3 Å². The standard InChI is InChI=1S/C14H15BrN2/c1-11-6-3-4-8-13(11)17(2)14-12(10-15)7-5-9-16-14/h3-9H,10H2,1-2H3. The van der Waals surface area contributed by atoms with Crippen LogP contribution in [0.1, 0.15) is 11.1 Å². The SMILES string of the molecule is Cc1ccccc1N(C)c1ncccc1CBr. The summed E-state index contributed by atoms with van der Waals surface area (Å²) in [6.07, 6.45) is 1.83. The molecular weight excluding hydrogens is 276 g/mol. The molecular formula is C14H15BrN2. The van der Waals surface area contributed by atoms with E-state index in [4.69, 9.17) is 0 Å². The highest BCUT2D eigenvalue weighted by molar-refractivity contribution is 9.08. The number of alkyl halides is 1. The fourth-order valence-electron chi connectivity index (χ4n) is 1.89. The normalized spacial score (nSPS) is 10.3. The zero-order valence-corrected chi connectivity index (χ0v) is 11.6. The molecule has 0 N–H and O–H groups in total. The lowest BCUT2D eigenvalue weighted by Crippen LogP contribution is -2.14. The van der Waals surface area contributed by atoms with Crippen LogP contribution in [0.15, 0.2) is 42.6 Å². The molecule has 0 radical (unpaired) electrons. The summed E-state index contributed by atoms with van der Waals surface area (Å²) in [4.78, 5) is 6.59. The first-order chi connectivity index (χ1) is 8.24. The molecule has 3 heteroatoms. The van der Waals surface area contributed by atoms with Gasteiger partial charge < -0.3 is 4.90 Å². The van der Waals surface area contributed by atoms with Crippen LogP contribution >= 0.6 is 15.9 Å². The van der Waals surface area contributed by atoms with E-state index in [0.29, 0.717) is 0 Å². The van der Waals surface area contributed by atoms with Gasteiger partial charge in [0.1, 0.15) is 5.82 Å². The predicted molar refractivity (Wildman–Crippen MR) is 76.1 cm³/mol. The Bertz CT molecular complexity index is 511. The largest absolute Gasteiger partial charge is 0.329 e. The summed E-state index contributed by atoms with van der Waals surface area (Å²) in [7, 11) is 2.05. The monoisotopic (exact) mass is 290 g/mol. The Hall–Kier alpha value is -1.35. The average Bonchev–Trinajstić information content (AvgIpc) is 2.38. The maximum Gasteiger partial charge on any atom is 0.136 e. The summed E-state index contributed by atoms with van der Waals surface area (Å²) in [5.74, 6) is 0.999. The van der Waals surface area contributed by atoms with E-state index in [1.54, 1.807) is 0 Å². The molecule has 1 aromatic heterocycles. The number of halogens is 1. The number of pyridine rings is 1. The maximum absolute atomic E-state index is 4.46. The van der Waals surface area contributed by atoms with Gasteiger partial charge in [-0.15, -0.1) is 0 Å². The van der Waals surface area contributed by atoms with Crippen LogP contribution in [0.2, 0.25) is 0 Å². The zero-order valence-electron chi connectivity index (χ0n) is 10.0. The second-order valence-corrected chi connectivity index (χ2v) is 4.53. The lowest BCUT2D eigenvalue weighted by Gasteiger charge is -2.22. The third kappa shape index (κ3) is 2.50. The van der Waals surface area contributed by atoms with Crippen molar-refractivity contribution in [1.82, 2.24) is 4.98 Å². The number of para-hydroxylation sites is 1. The fraction of sp³-hybridized carbons (Fsp3) is 0.214. The molecule has 1 heterocycles. The number of nitrogens with zero attached hydrogens (tertiary/aromatic N) is 2. The van der Waals surface area contributed by atoms with Crippen molar-refractivity contribution in [2.75, 3.05) is 11.9 Å². The molecule has 0 atom stereocenters. The number of hydrogen-bond donors (Lipinski definition) is 0. The molecule has 0 aliphatic heterocycles. The molecule has 17 heavy (non-hydrogen) atoms. The van der Waals surface area contributed by atoms with Crippen molar-refractivity contribution < 1.29 is 0 Å². The second-order valence-electron chi connectivity index (χ2n) is 3.97. The highest BCUT2D eigenvalue weighted by Crippen LogP contribution is 2.28. The fourth-order valence-corrected chi connectivity index (χ4v) is 2.33. The minimum Gasteiger partial charge on any atom is -0.329 e. The van der Waals surface area contributed by atoms with Crippen LogP contribution in [0.5, 0.6) is 0 Å². The molecule has 0 amide bonds. The smallest absolute Gasteiger partial charge is 0.136 e. The van der Waals surface area contributed by atoms with Crippen LogP contribution in [-0.2, 0) is 5.33 Å². The lowest BCUT2D eigenvalue weighted by molar-refractivity contribution is 1.09. The average molecular weight is 291 g/mol. The summed E-state index contributed by atoms with van der Waals surface area (Å²) in [6, 6.07) is 12.4. The van der Waals surface area contributed by atoms with E-state index in [9.17, 15) is 0 Å². The lowest BCUT2D eigenvalue weighted by atomic mass is 10.1. The first-order valence-corrected chi connectivity index (χ1v) is 6.65. The van der Waals surface area contributed by atoms with Crippen molar-refractivity contribution >= 4 is 27.4 Å². The van der Waals surface area contributed by atoms with E-state index >= 15 is 0 Å². The minimum atomic E-state index is 0.812. The Morgan fingerprint density at radius 3 is 2.65 bits per heavy atom. The van der Waals surface area contributed by atoms with Crippen molar-refractivity contribution in [3.05, 3.63) is 53.7 Å². The molecule has 0 aliphatic rings. The van der Waals surface area contributed by atoms with Crippen molar-refractivity contribution in [1.29, 1.82) is 0 Å². The molecule has 0 unspecified atom stereocenters. The Kier molecular flexibility index (Phi) is 3.79. The quantitative estimate of drug-likeness (QED) is 0.793. The van der Waals surface area contributed by atoms with Gasteiger partial charge in [-0.25, -0.2) is 4.98 Å². The summed E-state index contributed by atoms with van der Waals surface area (Å²) >= 11 is 3.50. The van der Waals surface area contributed by atoms with Gasteiger partial charge in [-0.1, -0.05) is 40.2 Å². The van der Waals surface area contributed by atoms with E-state index < -0.39 is 0 Å². The topological polar surface area (TPSA) is 16.1 Å². The van der Waals surface area contributed by atoms with Crippen LogP contribution in [0.3, 0.4) is 0 Å². The molecule has 0 spiro atoms. The van der Waals surface area contributed by atoms with Crippen molar-refractivity contribution in [3.8, 4) is 0 Å². The summed E-state index contributed by atoms with van der Waals surface area (Å²) in [6.45, 7) is 2.11. The van der Waals surface area contributed by atoms with Crippen LogP contribution in [0.4, 0.5) is 11.5 Å². The first kappa shape index (κ1) is 12.1. The molecule has 0 aliphatic carbocycles. The van der Waals surface area contributed by atoms with Gasteiger partial charge >= 0.3 is 0 Å². The molecule has 2 aromatic rings. The van der Waals surface area contributed by atoms with E-state index in [0.717, 1.165) is 11.1 Å². The molecule has 0 saturated carbocycles. The maximum atomic E-state index is 4.46. The Labute approximate surface area is 110 Å². The molecule has 1 aromatic carbocycles. The van der Waals surface area contributed by atoms with Gasteiger partial charge in [-0.3, -0.25) is 0 Å². The van der Waals surface area contributed by atoms with Gasteiger partial charge in [0.15, 0.2) is 0 Å². The Balaban J connectivity index is 2.44. The van der Waals surface area contributed by atoms with E-state index in [1.165, 1.54) is 16.8 Å². The van der Waals surface area contributed by atoms with Gasteiger partial charge in [0, 0.05) is 29.8 Å².